The average Bonchev–Trinajstić information content (AvgIpc) is 2.61. The molecule has 0 saturated heterocycles. The van der Waals surface area contributed by atoms with Crippen LogP contribution in [0, 0.1) is 0 Å². The fourth-order valence-electron chi connectivity index (χ4n) is 3.35. The van der Waals surface area contributed by atoms with Gasteiger partial charge >= 0.3 is 0 Å². The molecule has 3 nitrogen and oxygen atoms in total. The van der Waals surface area contributed by atoms with Gasteiger partial charge in [0.1, 0.15) is 0 Å². The minimum absolute atomic E-state index is 0.806. The van der Waals surface area contributed by atoms with Gasteiger partial charge < -0.3 is 16.4 Å². The number of nitrogens with two attached hydrogens (primary N) is 2. The molecule has 4 N–H and O–H groups in total. The Morgan fingerprint density at radius 1 is 0.680 bits per heavy atom. The quantitative estimate of drug-likeness (QED) is 0.286. The van der Waals surface area contributed by atoms with Crippen molar-refractivity contribution in [2.75, 3.05) is 29.5 Å². The summed E-state index contributed by atoms with van der Waals surface area (Å²) in [6, 6.07) is 5.89. The van der Waals surface area contributed by atoms with E-state index in [9.17, 15) is 0 Å². The Labute approximate surface area is 156 Å². The van der Waals surface area contributed by atoms with E-state index >= 15 is 0 Å². The summed E-state index contributed by atoms with van der Waals surface area (Å²) in [7, 11) is 0. The number of rotatable bonds is 15. The van der Waals surface area contributed by atoms with Crippen molar-refractivity contribution in [2.45, 2.75) is 90.9 Å². The molecule has 0 atom stereocenters. The molecule has 0 fully saturated rings. The highest BCUT2D eigenvalue weighted by molar-refractivity contribution is 5.72. The van der Waals surface area contributed by atoms with Crippen LogP contribution >= 0.6 is 0 Å². The van der Waals surface area contributed by atoms with Crippen molar-refractivity contribution in [3.05, 3.63) is 18.2 Å². The van der Waals surface area contributed by atoms with Gasteiger partial charge in [0.25, 0.3) is 0 Å². The van der Waals surface area contributed by atoms with Crippen molar-refractivity contribution in [3.8, 4) is 0 Å². The third kappa shape index (κ3) is 9.62. The Bertz CT molecular complexity index is 429. The predicted molar refractivity (Wildman–Crippen MR) is 114 cm³/mol. The molecule has 0 aliphatic carbocycles. The van der Waals surface area contributed by atoms with E-state index in [1.165, 1.54) is 77.0 Å². The van der Waals surface area contributed by atoms with Gasteiger partial charge in [-0.25, -0.2) is 0 Å². The van der Waals surface area contributed by atoms with Crippen molar-refractivity contribution in [1.82, 2.24) is 0 Å². The predicted octanol–water partition coefficient (Wildman–Crippen LogP) is 6.38. The van der Waals surface area contributed by atoms with E-state index in [0.717, 1.165) is 30.2 Å². The summed E-state index contributed by atoms with van der Waals surface area (Å²) in [5, 5.41) is 0. The monoisotopic (exact) mass is 347 g/mol. The topological polar surface area (TPSA) is 55.3 Å². The van der Waals surface area contributed by atoms with Gasteiger partial charge in [-0.1, -0.05) is 78.1 Å². The molecule has 0 amide bonds. The third-order valence-electron chi connectivity index (χ3n) is 4.96. The number of unbranched alkanes of at least 4 members (excludes halogenated alkanes) is 10. The van der Waals surface area contributed by atoms with Crippen molar-refractivity contribution < 1.29 is 0 Å². The average molecular weight is 348 g/mol. The molecular weight excluding hydrogens is 306 g/mol. The summed E-state index contributed by atoms with van der Waals surface area (Å²) in [6.07, 6.45) is 15.9. The largest absolute Gasteiger partial charge is 0.399 e. The zero-order valence-electron chi connectivity index (χ0n) is 16.7. The van der Waals surface area contributed by atoms with E-state index in [0.29, 0.717) is 0 Å². The summed E-state index contributed by atoms with van der Waals surface area (Å²) >= 11 is 0. The maximum Gasteiger partial charge on any atom is 0.0620 e. The van der Waals surface area contributed by atoms with E-state index in [-0.39, 0.29) is 0 Å². The first-order valence-electron chi connectivity index (χ1n) is 10.6. The van der Waals surface area contributed by atoms with Crippen LogP contribution in [-0.2, 0) is 0 Å². The number of hydrogen-bond acceptors (Lipinski definition) is 3. The van der Waals surface area contributed by atoms with Gasteiger partial charge in [-0.3, -0.25) is 0 Å². The Morgan fingerprint density at radius 2 is 1.16 bits per heavy atom. The highest BCUT2D eigenvalue weighted by atomic mass is 15.1. The Balaban J connectivity index is 2.47. The third-order valence-corrected chi connectivity index (χ3v) is 4.96. The molecule has 0 bridgehead atoms. The summed E-state index contributed by atoms with van der Waals surface area (Å²) in [5.74, 6) is 0. The summed E-state index contributed by atoms with van der Waals surface area (Å²) in [6.45, 7) is 6.72. The molecule has 3 heteroatoms. The lowest BCUT2D eigenvalue weighted by Gasteiger charge is -2.26. The lowest BCUT2D eigenvalue weighted by Crippen LogP contribution is -2.26. The smallest absolute Gasteiger partial charge is 0.0620 e. The van der Waals surface area contributed by atoms with Crippen LogP contribution in [-0.4, -0.2) is 13.1 Å². The number of nitrogens with zero attached hydrogens (tertiary/aromatic N) is 1. The normalized spacial score (nSPS) is 11.0. The van der Waals surface area contributed by atoms with Crippen molar-refractivity contribution in [3.63, 3.8) is 0 Å². The van der Waals surface area contributed by atoms with Crippen LogP contribution in [0.4, 0.5) is 17.1 Å². The van der Waals surface area contributed by atoms with Gasteiger partial charge in [0.05, 0.1) is 11.4 Å². The summed E-state index contributed by atoms with van der Waals surface area (Å²) < 4.78 is 0. The molecule has 144 valence electrons. The van der Waals surface area contributed by atoms with Gasteiger partial charge in [-0.15, -0.1) is 0 Å². The van der Waals surface area contributed by atoms with Gasteiger partial charge in [-0.2, -0.15) is 0 Å². The second kappa shape index (κ2) is 13.9. The number of anilines is 3. The molecular formula is C22H41N3. The Morgan fingerprint density at radius 3 is 1.68 bits per heavy atom. The molecule has 0 spiro atoms. The van der Waals surface area contributed by atoms with Crippen molar-refractivity contribution >= 4 is 17.1 Å². The zero-order valence-corrected chi connectivity index (χ0v) is 16.7. The van der Waals surface area contributed by atoms with E-state index in [2.05, 4.69) is 18.7 Å². The first kappa shape index (κ1) is 21.7. The van der Waals surface area contributed by atoms with Gasteiger partial charge in [0.2, 0.25) is 0 Å². The first-order valence-corrected chi connectivity index (χ1v) is 10.6. The van der Waals surface area contributed by atoms with Crippen LogP contribution in [0.2, 0.25) is 0 Å². The van der Waals surface area contributed by atoms with E-state index in [1.807, 2.05) is 18.2 Å². The Hall–Kier alpha value is -1.38. The van der Waals surface area contributed by atoms with Crippen molar-refractivity contribution in [1.29, 1.82) is 0 Å². The molecule has 0 aromatic heterocycles. The lowest BCUT2D eigenvalue weighted by atomic mass is 10.1. The van der Waals surface area contributed by atoms with Crippen LogP contribution < -0.4 is 16.4 Å². The fourth-order valence-corrected chi connectivity index (χ4v) is 3.35. The molecule has 1 aromatic carbocycles. The highest BCUT2D eigenvalue weighted by Gasteiger charge is 2.10. The first-order chi connectivity index (χ1) is 12.2. The standard InChI is InChI=1S/C22H41N3/c1-3-5-7-9-11-13-17-25(18-14-12-10-8-6-4-2)22-19-20(23)15-16-21(22)24/h15-16,19H,3-14,17-18,23-24H2,1-2H3. The molecule has 0 aliphatic heterocycles. The molecule has 25 heavy (non-hydrogen) atoms. The van der Waals surface area contributed by atoms with E-state index < -0.39 is 0 Å². The molecule has 0 radical (unpaired) electrons. The molecule has 0 aliphatic rings. The zero-order chi connectivity index (χ0) is 18.3. The van der Waals surface area contributed by atoms with Gasteiger partial charge in [0, 0.05) is 18.8 Å². The minimum Gasteiger partial charge on any atom is -0.399 e. The van der Waals surface area contributed by atoms with Crippen LogP contribution in [0.15, 0.2) is 18.2 Å². The second-order valence-electron chi connectivity index (χ2n) is 7.34. The van der Waals surface area contributed by atoms with E-state index in [4.69, 9.17) is 11.5 Å². The fraction of sp³-hybridized carbons (Fsp3) is 0.727. The van der Waals surface area contributed by atoms with E-state index in [1.54, 1.807) is 0 Å². The second-order valence-corrected chi connectivity index (χ2v) is 7.34. The van der Waals surface area contributed by atoms with Gasteiger partial charge in [0.15, 0.2) is 0 Å². The maximum atomic E-state index is 6.23. The molecule has 0 saturated carbocycles. The Kier molecular flexibility index (Phi) is 12.0. The molecule has 0 heterocycles. The van der Waals surface area contributed by atoms with Crippen LogP contribution in [0.3, 0.4) is 0 Å². The number of benzene rings is 1. The summed E-state index contributed by atoms with van der Waals surface area (Å²) in [5.41, 5.74) is 15.0. The summed E-state index contributed by atoms with van der Waals surface area (Å²) in [4.78, 5) is 2.46. The SMILES string of the molecule is CCCCCCCCN(CCCCCCCC)c1cc(N)ccc1N. The molecule has 0 unspecified atom stereocenters. The van der Waals surface area contributed by atoms with Crippen LogP contribution in [0.25, 0.3) is 0 Å². The van der Waals surface area contributed by atoms with Gasteiger partial charge in [-0.05, 0) is 31.0 Å². The van der Waals surface area contributed by atoms with Crippen LogP contribution in [0.1, 0.15) is 90.9 Å². The molecule has 1 rings (SSSR count). The number of nitrogen functional groups attached to an aromatic ring is 2. The van der Waals surface area contributed by atoms with Crippen molar-refractivity contribution in [2.24, 2.45) is 0 Å². The maximum absolute atomic E-state index is 6.23. The molecule has 1 aromatic rings. The lowest BCUT2D eigenvalue weighted by molar-refractivity contribution is 0.575. The minimum atomic E-state index is 0.806. The van der Waals surface area contributed by atoms with Crippen LogP contribution in [0.5, 0.6) is 0 Å². The number of hydrogen-bond donors (Lipinski definition) is 2. The highest BCUT2D eigenvalue weighted by Crippen LogP contribution is 2.27.